The molecule has 0 saturated carbocycles. The molecule has 8 heteroatoms. The van der Waals surface area contributed by atoms with E-state index in [1.165, 1.54) is 6.92 Å². The number of pyridine rings is 1. The van der Waals surface area contributed by atoms with Crippen LogP contribution in [0.1, 0.15) is 41.7 Å². The van der Waals surface area contributed by atoms with Gasteiger partial charge in [0.25, 0.3) is 5.91 Å². The van der Waals surface area contributed by atoms with E-state index >= 15 is 0 Å². The Morgan fingerprint density at radius 2 is 1.90 bits per heavy atom. The normalized spacial score (nSPS) is 20.2. The quantitative estimate of drug-likeness (QED) is 0.831. The van der Waals surface area contributed by atoms with Crippen molar-refractivity contribution in [3.63, 3.8) is 0 Å². The Morgan fingerprint density at radius 1 is 1.17 bits per heavy atom. The van der Waals surface area contributed by atoms with Crippen molar-refractivity contribution in [3.8, 4) is 0 Å². The van der Waals surface area contributed by atoms with Crippen molar-refractivity contribution >= 4 is 40.4 Å². The van der Waals surface area contributed by atoms with Crippen LogP contribution in [-0.2, 0) is 9.59 Å². The molecule has 2 N–H and O–H groups in total. The highest BCUT2D eigenvalue weighted by Crippen LogP contribution is 2.32. The third-order valence-electron chi connectivity index (χ3n) is 5.78. The first kappa shape index (κ1) is 19.7. The molecule has 0 bridgehead atoms. The lowest BCUT2D eigenvalue weighted by Crippen LogP contribution is -2.50. The molecule has 0 radical (unpaired) electrons. The number of primary amides is 1. The molecule has 2 fully saturated rings. The van der Waals surface area contributed by atoms with Gasteiger partial charge >= 0.3 is 0 Å². The van der Waals surface area contributed by atoms with Gasteiger partial charge in [-0.15, -0.1) is 11.8 Å². The highest BCUT2D eigenvalue weighted by Gasteiger charge is 2.37. The van der Waals surface area contributed by atoms with Gasteiger partial charge in [-0.3, -0.25) is 19.4 Å². The van der Waals surface area contributed by atoms with Gasteiger partial charge in [-0.05, 0) is 25.0 Å². The molecule has 7 nitrogen and oxygen atoms in total. The Kier molecular flexibility index (Phi) is 5.45. The number of para-hydroxylation sites is 1. The Balaban J connectivity index is 1.51. The van der Waals surface area contributed by atoms with Crippen LogP contribution in [0.5, 0.6) is 0 Å². The number of hydrogen-bond acceptors (Lipinski definition) is 5. The summed E-state index contributed by atoms with van der Waals surface area (Å²) in [7, 11) is 0. The van der Waals surface area contributed by atoms with Crippen molar-refractivity contribution in [1.29, 1.82) is 0 Å². The molecular weight excluding hydrogens is 388 g/mol. The van der Waals surface area contributed by atoms with Gasteiger partial charge in [0.1, 0.15) is 6.04 Å². The lowest BCUT2D eigenvalue weighted by molar-refractivity contribution is -0.143. The molecule has 2 aromatic rings. The van der Waals surface area contributed by atoms with Crippen LogP contribution in [0.2, 0.25) is 0 Å². The largest absolute Gasteiger partial charge is 0.366 e. The predicted octanol–water partition coefficient (Wildman–Crippen LogP) is 1.96. The standard InChI is InChI=1S/C21H24N4O3S/c1-13(26)25-12-29-11-18(25)21(28)24-8-6-14(7-9-24)19-16(20(22)27)10-15-4-2-3-5-17(15)23-19/h2-5,10,14,18H,6-9,11-12H2,1H3,(H2,22,27). The van der Waals surface area contributed by atoms with Crippen molar-refractivity contribution in [2.24, 2.45) is 5.73 Å². The third kappa shape index (κ3) is 3.81. The van der Waals surface area contributed by atoms with Gasteiger partial charge in [0.05, 0.1) is 22.7 Å². The number of benzene rings is 1. The lowest BCUT2D eigenvalue weighted by Gasteiger charge is -2.35. The van der Waals surface area contributed by atoms with E-state index in [-0.39, 0.29) is 23.8 Å². The summed E-state index contributed by atoms with van der Waals surface area (Å²) in [6.07, 6.45) is 1.44. The van der Waals surface area contributed by atoms with E-state index in [1.807, 2.05) is 35.2 Å². The highest BCUT2D eigenvalue weighted by atomic mass is 32.2. The number of carbonyl (C=O) groups excluding carboxylic acids is 3. The first-order chi connectivity index (χ1) is 14.0. The average Bonchev–Trinajstić information content (AvgIpc) is 3.22. The molecule has 2 aliphatic heterocycles. The van der Waals surface area contributed by atoms with Gasteiger partial charge in [-0.1, -0.05) is 18.2 Å². The number of likely N-dealkylation sites (tertiary alicyclic amines) is 1. The van der Waals surface area contributed by atoms with Crippen molar-refractivity contribution in [2.45, 2.75) is 31.7 Å². The summed E-state index contributed by atoms with van der Waals surface area (Å²) in [5.74, 6) is 0.784. The van der Waals surface area contributed by atoms with Crippen molar-refractivity contribution in [1.82, 2.24) is 14.8 Å². The molecule has 2 aliphatic rings. The second kappa shape index (κ2) is 8.02. The van der Waals surface area contributed by atoms with E-state index in [0.717, 1.165) is 29.4 Å². The number of hydrogen-bond donors (Lipinski definition) is 1. The van der Waals surface area contributed by atoms with Crippen LogP contribution in [0, 0.1) is 0 Å². The van der Waals surface area contributed by atoms with Crippen LogP contribution in [0.15, 0.2) is 30.3 Å². The number of nitrogens with two attached hydrogens (primary N) is 1. The van der Waals surface area contributed by atoms with Gasteiger partial charge in [-0.25, -0.2) is 0 Å². The number of fused-ring (bicyclic) bond motifs is 1. The molecule has 1 aromatic heterocycles. The minimum absolute atomic E-state index is 0.0187. The zero-order valence-corrected chi connectivity index (χ0v) is 17.2. The maximum Gasteiger partial charge on any atom is 0.250 e. The molecule has 3 amide bonds. The maximum absolute atomic E-state index is 12.9. The molecule has 152 valence electrons. The Morgan fingerprint density at radius 3 is 2.59 bits per heavy atom. The first-order valence-corrected chi connectivity index (χ1v) is 10.9. The van der Waals surface area contributed by atoms with E-state index < -0.39 is 5.91 Å². The average molecular weight is 413 g/mol. The fraction of sp³-hybridized carbons (Fsp3) is 0.429. The van der Waals surface area contributed by atoms with E-state index in [4.69, 9.17) is 10.7 Å². The lowest BCUT2D eigenvalue weighted by atomic mass is 9.89. The van der Waals surface area contributed by atoms with E-state index in [0.29, 0.717) is 30.3 Å². The smallest absolute Gasteiger partial charge is 0.250 e. The summed E-state index contributed by atoms with van der Waals surface area (Å²) in [6.45, 7) is 2.68. The second-order valence-corrected chi connectivity index (χ2v) is 8.58. The number of rotatable bonds is 3. The molecular formula is C21H24N4O3S. The number of carbonyl (C=O) groups is 3. The Bertz CT molecular complexity index is 972. The fourth-order valence-electron chi connectivity index (χ4n) is 4.18. The molecule has 4 rings (SSSR count). The van der Waals surface area contributed by atoms with Gasteiger partial charge in [-0.2, -0.15) is 0 Å². The maximum atomic E-state index is 12.9. The summed E-state index contributed by atoms with van der Waals surface area (Å²) >= 11 is 1.61. The van der Waals surface area contributed by atoms with Crippen LogP contribution in [0.4, 0.5) is 0 Å². The number of aromatic nitrogens is 1. The Labute approximate surface area is 173 Å². The topological polar surface area (TPSA) is 96.6 Å². The minimum Gasteiger partial charge on any atom is -0.366 e. The van der Waals surface area contributed by atoms with E-state index in [2.05, 4.69) is 0 Å². The van der Waals surface area contributed by atoms with Gasteiger partial charge < -0.3 is 15.5 Å². The van der Waals surface area contributed by atoms with Crippen molar-refractivity contribution in [3.05, 3.63) is 41.6 Å². The molecule has 0 spiro atoms. The van der Waals surface area contributed by atoms with Crippen molar-refractivity contribution in [2.75, 3.05) is 24.7 Å². The Hall–Kier alpha value is -2.61. The van der Waals surface area contributed by atoms with E-state index in [9.17, 15) is 14.4 Å². The highest BCUT2D eigenvalue weighted by molar-refractivity contribution is 7.99. The summed E-state index contributed by atoms with van der Waals surface area (Å²) in [6, 6.07) is 9.12. The monoisotopic (exact) mass is 412 g/mol. The molecule has 2 saturated heterocycles. The van der Waals surface area contributed by atoms with Gasteiger partial charge in [0.2, 0.25) is 11.8 Å². The van der Waals surface area contributed by atoms with E-state index in [1.54, 1.807) is 16.7 Å². The van der Waals surface area contributed by atoms with Crippen LogP contribution < -0.4 is 5.73 Å². The third-order valence-corrected chi connectivity index (χ3v) is 6.80. The number of thioether (sulfide) groups is 1. The molecule has 1 atom stereocenters. The molecule has 29 heavy (non-hydrogen) atoms. The van der Waals surface area contributed by atoms with Gasteiger partial charge in [0, 0.05) is 37.1 Å². The summed E-state index contributed by atoms with van der Waals surface area (Å²) in [5.41, 5.74) is 7.66. The number of piperidine rings is 1. The molecule has 0 aliphatic carbocycles. The zero-order chi connectivity index (χ0) is 20.5. The SMILES string of the molecule is CC(=O)N1CSCC1C(=O)N1CCC(c2nc3ccccc3cc2C(N)=O)CC1. The summed E-state index contributed by atoms with van der Waals surface area (Å²) in [5, 5.41) is 0.890. The van der Waals surface area contributed by atoms with Crippen LogP contribution in [0.3, 0.4) is 0 Å². The molecule has 3 heterocycles. The number of nitrogens with zero attached hydrogens (tertiary/aromatic N) is 3. The first-order valence-electron chi connectivity index (χ1n) is 9.79. The zero-order valence-electron chi connectivity index (χ0n) is 16.3. The fourth-order valence-corrected chi connectivity index (χ4v) is 5.39. The predicted molar refractivity (Wildman–Crippen MR) is 112 cm³/mol. The minimum atomic E-state index is -0.475. The second-order valence-electron chi connectivity index (χ2n) is 7.58. The summed E-state index contributed by atoms with van der Waals surface area (Å²) in [4.78, 5) is 45.0. The van der Waals surface area contributed by atoms with Gasteiger partial charge in [0.15, 0.2) is 0 Å². The van der Waals surface area contributed by atoms with Crippen LogP contribution in [-0.4, -0.2) is 63.3 Å². The molecule has 1 unspecified atom stereocenters. The van der Waals surface area contributed by atoms with Crippen LogP contribution in [0.25, 0.3) is 10.9 Å². The summed E-state index contributed by atoms with van der Waals surface area (Å²) < 4.78 is 0. The number of amides is 3. The van der Waals surface area contributed by atoms with Crippen LogP contribution >= 0.6 is 11.8 Å². The van der Waals surface area contributed by atoms with Crippen molar-refractivity contribution < 1.29 is 14.4 Å². The molecule has 1 aromatic carbocycles.